The minimum atomic E-state index is -4.55. The molecule has 1 aromatic rings. The molecule has 184 valence electrons. The van der Waals surface area contributed by atoms with E-state index in [2.05, 4.69) is 0 Å². The van der Waals surface area contributed by atoms with Crippen LogP contribution in [0.1, 0.15) is 117 Å². The second-order valence-electron chi connectivity index (χ2n) is 9.82. The predicted octanol–water partition coefficient (Wildman–Crippen LogP) is 6.38. The van der Waals surface area contributed by atoms with Gasteiger partial charge in [-0.2, -0.15) is 8.42 Å². The Morgan fingerprint density at radius 2 is 1.39 bits per heavy atom. The van der Waals surface area contributed by atoms with Crippen LogP contribution in [0.5, 0.6) is 0 Å². The zero-order chi connectivity index (χ0) is 23.7. The number of hydrogen-bond acceptors (Lipinski definition) is 5. The van der Waals surface area contributed by atoms with Crippen LogP contribution in [0.2, 0.25) is 0 Å². The molecule has 33 heavy (non-hydrogen) atoms. The molecule has 0 aromatic heterocycles. The number of hydrogen-bond donors (Lipinski definition) is 1. The van der Waals surface area contributed by atoms with Crippen molar-refractivity contribution in [2.45, 2.75) is 101 Å². The molecule has 0 unspecified atom stereocenters. The summed E-state index contributed by atoms with van der Waals surface area (Å²) in [6.45, 7) is 0.268. The fraction of sp³-hybridized carbons (Fsp3) is 0.692. The topological polar surface area (TPSA) is 97.7 Å². The zero-order valence-corrected chi connectivity index (χ0v) is 20.4. The van der Waals surface area contributed by atoms with Crippen LogP contribution in [0.15, 0.2) is 23.1 Å². The molecular formula is C26H38O6S. The number of esters is 1. The first-order valence-electron chi connectivity index (χ1n) is 12.7. The molecule has 3 rings (SSSR count). The molecule has 2 aliphatic carbocycles. The number of carbonyl (C=O) groups excluding carboxylic acids is 2. The van der Waals surface area contributed by atoms with Crippen LogP contribution in [0.25, 0.3) is 0 Å². The monoisotopic (exact) mass is 478 g/mol. The molecule has 0 atom stereocenters. The van der Waals surface area contributed by atoms with Gasteiger partial charge in [0, 0.05) is 12.0 Å². The van der Waals surface area contributed by atoms with Crippen molar-refractivity contribution in [2.75, 3.05) is 6.61 Å². The van der Waals surface area contributed by atoms with Crippen LogP contribution in [-0.4, -0.2) is 31.3 Å². The smallest absolute Gasteiger partial charge is 0.338 e. The fourth-order valence-electron chi connectivity index (χ4n) is 5.24. The van der Waals surface area contributed by atoms with Gasteiger partial charge >= 0.3 is 5.97 Å². The molecule has 0 radical (unpaired) electrons. The highest BCUT2D eigenvalue weighted by atomic mass is 32.2. The van der Waals surface area contributed by atoms with Crippen molar-refractivity contribution in [3.05, 3.63) is 29.3 Å². The van der Waals surface area contributed by atoms with Gasteiger partial charge in [-0.25, -0.2) is 4.79 Å². The Hall–Kier alpha value is -1.73. The lowest BCUT2D eigenvalue weighted by Gasteiger charge is -2.21. The van der Waals surface area contributed by atoms with E-state index in [1.54, 1.807) is 0 Å². The highest BCUT2D eigenvalue weighted by Gasteiger charge is 2.20. The Morgan fingerprint density at radius 1 is 0.818 bits per heavy atom. The molecule has 0 aliphatic heterocycles. The average Bonchev–Trinajstić information content (AvgIpc) is 2.82. The predicted molar refractivity (Wildman–Crippen MR) is 127 cm³/mol. The number of ether oxygens (including phenoxy) is 1. The Balaban J connectivity index is 1.57. The number of unbranched alkanes of at least 4 members (excludes halogenated alkanes) is 1. The number of carbonyl (C=O) groups is 2. The maximum absolute atomic E-state index is 12.7. The van der Waals surface area contributed by atoms with E-state index in [-0.39, 0.29) is 29.9 Å². The second kappa shape index (κ2) is 12.7. The van der Waals surface area contributed by atoms with Gasteiger partial charge in [-0.1, -0.05) is 77.0 Å². The number of benzene rings is 1. The SMILES string of the molecule is O=C(CCCCC1CCCCC1)c1cc(C(=O)OCCC2CCCCC2)cc(S(=O)(=O)O)c1. The summed E-state index contributed by atoms with van der Waals surface area (Å²) in [6.07, 6.45) is 16.3. The molecule has 0 saturated heterocycles. The van der Waals surface area contributed by atoms with E-state index in [1.807, 2.05) is 0 Å². The van der Waals surface area contributed by atoms with Crippen LogP contribution >= 0.6 is 0 Å². The average molecular weight is 479 g/mol. The van der Waals surface area contributed by atoms with Gasteiger partial charge in [-0.3, -0.25) is 9.35 Å². The zero-order valence-electron chi connectivity index (χ0n) is 19.6. The van der Waals surface area contributed by atoms with Crippen molar-refractivity contribution < 1.29 is 27.3 Å². The molecular weight excluding hydrogens is 440 g/mol. The van der Waals surface area contributed by atoms with E-state index in [0.717, 1.165) is 56.6 Å². The minimum absolute atomic E-state index is 0.0145. The van der Waals surface area contributed by atoms with Gasteiger partial charge in [0.1, 0.15) is 0 Å². The summed E-state index contributed by atoms with van der Waals surface area (Å²) in [5.41, 5.74) is 0.112. The highest BCUT2D eigenvalue weighted by Crippen LogP contribution is 2.28. The Kier molecular flexibility index (Phi) is 9.93. The van der Waals surface area contributed by atoms with Crippen molar-refractivity contribution in [1.82, 2.24) is 0 Å². The molecule has 7 heteroatoms. The Labute approximate surface area is 198 Å². The first kappa shape index (κ1) is 25.9. The molecule has 0 heterocycles. The lowest BCUT2D eigenvalue weighted by Crippen LogP contribution is -2.14. The van der Waals surface area contributed by atoms with Gasteiger partial charge in [0.15, 0.2) is 5.78 Å². The third-order valence-electron chi connectivity index (χ3n) is 7.24. The molecule has 0 amide bonds. The lowest BCUT2D eigenvalue weighted by molar-refractivity contribution is 0.0474. The second-order valence-corrected chi connectivity index (χ2v) is 11.2. The van der Waals surface area contributed by atoms with Crippen molar-refractivity contribution >= 4 is 21.9 Å². The molecule has 1 N–H and O–H groups in total. The minimum Gasteiger partial charge on any atom is -0.462 e. The molecule has 2 saturated carbocycles. The molecule has 2 aliphatic rings. The molecule has 1 aromatic carbocycles. The van der Waals surface area contributed by atoms with Crippen molar-refractivity contribution in [1.29, 1.82) is 0 Å². The van der Waals surface area contributed by atoms with E-state index in [0.29, 0.717) is 5.92 Å². The quantitative estimate of drug-likeness (QED) is 0.171. The number of rotatable bonds is 11. The maximum Gasteiger partial charge on any atom is 0.338 e. The van der Waals surface area contributed by atoms with Crippen molar-refractivity contribution in [3.8, 4) is 0 Å². The van der Waals surface area contributed by atoms with E-state index >= 15 is 0 Å². The summed E-state index contributed by atoms with van der Waals surface area (Å²) in [7, 11) is -4.55. The number of Topliss-reactive ketones (excluding diaryl/α,β-unsaturated/α-hetero) is 1. The van der Waals surface area contributed by atoms with Gasteiger partial charge in [0.2, 0.25) is 0 Å². The van der Waals surface area contributed by atoms with Gasteiger partial charge in [-0.15, -0.1) is 0 Å². The lowest BCUT2D eigenvalue weighted by atomic mass is 9.85. The summed E-state index contributed by atoms with van der Waals surface area (Å²) in [6, 6.07) is 3.62. The van der Waals surface area contributed by atoms with Crippen LogP contribution in [0, 0.1) is 11.8 Å². The number of ketones is 1. The molecule has 0 spiro atoms. The third-order valence-corrected chi connectivity index (χ3v) is 8.07. The van der Waals surface area contributed by atoms with Gasteiger partial charge < -0.3 is 4.74 Å². The van der Waals surface area contributed by atoms with Gasteiger partial charge in [-0.05, 0) is 42.9 Å². The highest BCUT2D eigenvalue weighted by molar-refractivity contribution is 7.85. The van der Waals surface area contributed by atoms with E-state index in [9.17, 15) is 22.6 Å². The first-order valence-corrected chi connectivity index (χ1v) is 14.1. The van der Waals surface area contributed by atoms with Gasteiger partial charge in [0.25, 0.3) is 10.1 Å². The summed E-state index contributed by atoms with van der Waals surface area (Å²) >= 11 is 0. The summed E-state index contributed by atoms with van der Waals surface area (Å²) in [5.74, 6) is 0.427. The maximum atomic E-state index is 12.7. The summed E-state index contributed by atoms with van der Waals surface area (Å²) in [4.78, 5) is 24.9. The van der Waals surface area contributed by atoms with Crippen LogP contribution in [0.4, 0.5) is 0 Å². The Morgan fingerprint density at radius 3 is 2.00 bits per heavy atom. The Bertz CT molecular complexity index is 895. The van der Waals surface area contributed by atoms with E-state index < -0.39 is 21.0 Å². The van der Waals surface area contributed by atoms with Crippen molar-refractivity contribution in [2.24, 2.45) is 11.8 Å². The van der Waals surface area contributed by atoms with Crippen LogP contribution in [-0.2, 0) is 14.9 Å². The normalized spacial score (nSPS) is 18.2. The van der Waals surface area contributed by atoms with Crippen molar-refractivity contribution in [3.63, 3.8) is 0 Å². The third kappa shape index (κ3) is 8.53. The molecule has 2 fully saturated rings. The summed E-state index contributed by atoms with van der Waals surface area (Å²) < 4.78 is 38.3. The standard InChI is InChI=1S/C26H38O6S/c27-25(14-8-7-13-20-9-3-1-4-10-20)22-17-23(19-24(18-22)33(29,30)31)26(28)32-16-15-21-11-5-2-6-12-21/h17-21H,1-16H2,(H,29,30,31). The fourth-order valence-corrected chi connectivity index (χ4v) is 5.79. The molecule has 0 bridgehead atoms. The first-order chi connectivity index (χ1) is 15.8. The molecule has 6 nitrogen and oxygen atoms in total. The summed E-state index contributed by atoms with van der Waals surface area (Å²) in [5, 5.41) is 0. The van der Waals surface area contributed by atoms with E-state index in [4.69, 9.17) is 4.74 Å². The largest absolute Gasteiger partial charge is 0.462 e. The van der Waals surface area contributed by atoms with Crippen LogP contribution < -0.4 is 0 Å². The van der Waals surface area contributed by atoms with Gasteiger partial charge in [0.05, 0.1) is 17.1 Å². The van der Waals surface area contributed by atoms with Crippen LogP contribution in [0.3, 0.4) is 0 Å². The van der Waals surface area contributed by atoms with E-state index in [1.165, 1.54) is 57.4 Å².